The molecule has 1 aliphatic heterocycles. The summed E-state index contributed by atoms with van der Waals surface area (Å²) >= 11 is 5.90. The van der Waals surface area contributed by atoms with E-state index in [2.05, 4.69) is 10.3 Å². The van der Waals surface area contributed by atoms with Gasteiger partial charge in [-0.15, -0.1) is 0 Å². The number of fused-ring (bicyclic) bond motifs is 2. The molecule has 0 saturated heterocycles. The van der Waals surface area contributed by atoms with Gasteiger partial charge in [0.1, 0.15) is 16.5 Å². The molecule has 0 saturated carbocycles. The Bertz CT molecular complexity index is 955. The van der Waals surface area contributed by atoms with Crippen molar-refractivity contribution in [2.24, 2.45) is 0 Å². The Labute approximate surface area is 148 Å². The van der Waals surface area contributed by atoms with Gasteiger partial charge in [-0.2, -0.15) is 0 Å². The number of nitrogens with zero attached hydrogens (tertiary/aromatic N) is 1. The third-order valence-corrected chi connectivity index (χ3v) is 4.17. The highest BCUT2D eigenvalue weighted by molar-refractivity contribution is 6.30. The molecule has 4 nitrogen and oxygen atoms in total. The first-order chi connectivity index (χ1) is 12.0. The van der Waals surface area contributed by atoms with Crippen LogP contribution in [0, 0.1) is 5.82 Å². The number of aryl methyl sites for hydroxylation is 1. The number of hydrogen-bond acceptors (Lipinski definition) is 3. The third-order valence-electron chi connectivity index (χ3n) is 3.85. The number of halogens is 2. The Morgan fingerprint density at radius 3 is 2.28 bits per heavy atom. The monoisotopic (exact) mass is 356 g/mol. The van der Waals surface area contributed by atoms with Crippen LogP contribution in [0.1, 0.15) is 33.2 Å². The summed E-state index contributed by atoms with van der Waals surface area (Å²) in [5.74, 6) is -0.928. The van der Waals surface area contributed by atoms with Crippen LogP contribution in [0.3, 0.4) is 0 Å². The molecule has 3 aromatic rings. The number of carbonyl (C=O) groups is 2. The van der Waals surface area contributed by atoms with Crippen molar-refractivity contribution in [2.75, 3.05) is 0 Å². The SMILES string of the molecule is CCc1cc2cccc(F)c2nc1Cl.O=C1NC(=O)c2ccccc21. The van der Waals surface area contributed by atoms with Crippen molar-refractivity contribution in [1.82, 2.24) is 10.3 Å². The number of aromatic nitrogens is 1. The summed E-state index contributed by atoms with van der Waals surface area (Å²) in [6.07, 6.45) is 0.804. The lowest BCUT2D eigenvalue weighted by Gasteiger charge is -2.03. The first-order valence-corrected chi connectivity index (χ1v) is 8.07. The van der Waals surface area contributed by atoms with Gasteiger partial charge in [-0.1, -0.05) is 42.8 Å². The van der Waals surface area contributed by atoms with Gasteiger partial charge in [0.15, 0.2) is 0 Å². The fourth-order valence-corrected chi connectivity index (χ4v) is 2.82. The van der Waals surface area contributed by atoms with Crippen molar-refractivity contribution in [3.63, 3.8) is 0 Å². The zero-order chi connectivity index (χ0) is 18.0. The van der Waals surface area contributed by atoms with E-state index in [-0.39, 0.29) is 17.6 Å². The van der Waals surface area contributed by atoms with E-state index >= 15 is 0 Å². The highest BCUT2D eigenvalue weighted by Gasteiger charge is 2.25. The van der Waals surface area contributed by atoms with Gasteiger partial charge in [0.05, 0.1) is 11.1 Å². The van der Waals surface area contributed by atoms with E-state index in [0.29, 0.717) is 21.8 Å². The highest BCUT2D eigenvalue weighted by atomic mass is 35.5. The second kappa shape index (κ2) is 6.99. The maximum atomic E-state index is 13.3. The van der Waals surface area contributed by atoms with Crippen molar-refractivity contribution in [2.45, 2.75) is 13.3 Å². The van der Waals surface area contributed by atoms with E-state index in [0.717, 1.165) is 17.4 Å². The maximum absolute atomic E-state index is 13.3. The molecule has 0 fully saturated rings. The van der Waals surface area contributed by atoms with Crippen LogP contribution in [0.2, 0.25) is 5.15 Å². The molecule has 1 aromatic heterocycles. The Morgan fingerprint density at radius 2 is 1.68 bits per heavy atom. The van der Waals surface area contributed by atoms with E-state index in [1.165, 1.54) is 6.07 Å². The summed E-state index contributed by atoms with van der Waals surface area (Å²) in [4.78, 5) is 25.9. The van der Waals surface area contributed by atoms with Crippen molar-refractivity contribution in [1.29, 1.82) is 0 Å². The summed E-state index contributed by atoms with van der Waals surface area (Å²) in [6.45, 7) is 1.99. The molecular weight excluding hydrogens is 343 g/mol. The smallest absolute Gasteiger partial charge is 0.258 e. The average molecular weight is 357 g/mol. The molecule has 25 heavy (non-hydrogen) atoms. The molecule has 126 valence electrons. The minimum atomic E-state index is -0.327. The molecule has 0 spiro atoms. The number of para-hydroxylation sites is 1. The molecule has 2 heterocycles. The van der Waals surface area contributed by atoms with Crippen molar-refractivity contribution in [3.8, 4) is 0 Å². The van der Waals surface area contributed by atoms with Crippen molar-refractivity contribution >= 4 is 34.3 Å². The van der Waals surface area contributed by atoms with Crippen LogP contribution in [-0.4, -0.2) is 16.8 Å². The fraction of sp³-hybridized carbons (Fsp3) is 0.105. The van der Waals surface area contributed by atoms with Gasteiger partial charge < -0.3 is 0 Å². The lowest BCUT2D eigenvalue weighted by Crippen LogP contribution is -2.19. The predicted octanol–water partition coefficient (Wildman–Crippen LogP) is 4.16. The number of imide groups is 1. The highest BCUT2D eigenvalue weighted by Crippen LogP contribution is 2.22. The van der Waals surface area contributed by atoms with E-state index in [1.807, 2.05) is 19.1 Å². The number of nitrogens with one attached hydrogen (secondary N) is 1. The molecule has 0 atom stereocenters. The van der Waals surface area contributed by atoms with Gasteiger partial charge in [0, 0.05) is 5.39 Å². The molecule has 1 N–H and O–H groups in total. The topological polar surface area (TPSA) is 59.1 Å². The number of amides is 2. The predicted molar refractivity (Wildman–Crippen MR) is 94.3 cm³/mol. The second-order valence-electron chi connectivity index (χ2n) is 5.43. The Kier molecular flexibility index (Phi) is 4.76. The minimum absolute atomic E-state index is 0.300. The summed E-state index contributed by atoms with van der Waals surface area (Å²) < 4.78 is 13.3. The standard InChI is InChI=1S/C11H9ClFN.C8H5NO2/c1-2-7-6-8-4-3-5-9(13)10(8)14-11(7)12;10-7-5-3-1-2-4-6(5)8(11)9-7/h3-6H,2H2,1H3;1-4H,(H,9,10,11). The Balaban J connectivity index is 0.000000150. The number of pyridine rings is 1. The third kappa shape index (κ3) is 3.37. The van der Waals surface area contributed by atoms with E-state index < -0.39 is 0 Å². The fourth-order valence-electron chi connectivity index (χ4n) is 2.55. The lowest BCUT2D eigenvalue weighted by molar-refractivity contribution is 0.0879. The molecule has 2 amide bonds. The lowest BCUT2D eigenvalue weighted by atomic mass is 10.1. The average Bonchev–Trinajstić information content (AvgIpc) is 2.91. The first kappa shape index (κ1) is 17.0. The van der Waals surface area contributed by atoms with Gasteiger partial charge in [-0.3, -0.25) is 14.9 Å². The van der Waals surface area contributed by atoms with Crippen LogP contribution >= 0.6 is 11.6 Å². The summed E-state index contributed by atoms with van der Waals surface area (Å²) in [5, 5.41) is 3.40. The molecule has 0 aliphatic carbocycles. The minimum Gasteiger partial charge on any atom is -0.288 e. The van der Waals surface area contributed by atoms with Crippen LogP contribution in [0.4, 0.5) is 4.39 Å². The van der Waals surface area contributed by atoms with Crippen molar-refractivity contribution in [3.05, 3.63) is 76.2 Å². The maximum Gasteiger partial charge on any atom is 0.258 e. The quantitative estimate of drug-likeness (QED) is 0.526. The number of hydrogen-bond donors (Lipinski definition) is 1. The zero-order valence-electron chi connectivity index (χ0n) is 13.3. The molecule has 4 rings (SSSR count). The largest absolute Gasteiger partial charge is 0.288 e. The first-order valence-electron chi connectivity index (χ1n) is 7.69. The van der Waals surface area contributed by atoms with Crippen LogP contribution in [0.15, 0.2) is 48.5 Å². The summed E-state index contributed by atoms with van der Waals surface area (Å²) in [5.41, 5.74) is 2.23. The van der Waals surface area contributed by atoms with Gasteiger partial charge in [-0.25, -0.2) is 9.37 Å². The van der Waals surface area contributed by atoms with Gasteiger partial charge in [0.2, 0.25) is 0 Å². The van der Waals surface area contributed by atoms with E-state index in [9.17, 15) is 14.0 Å². The zero-order valence-corrected chi connectivity index (χ0v) is 14.1. The molecule has 0 radical (unpaired) electrons. The number of carbonyl (C=O) groups excluding carboxylic acids is 2. The summed E-state index contributed by atoms with van der Waals surface area (Å²) in [7, 11) is 0. The molecule has 6 heteroatoms. The van der Waals surface area contributed by atoms with Crippen LogP contribution < -0.4 is 5.32 Å². The van der Waals surface area contributed by atoms with Crippen LogP contribution in [0.25, 0.3) is 10.9 Å². The molecular formula is C19H14ClFN2O2. The molecule has 0 unspecified atom stereocenters. The van der Waals surface area contributed by atoms with Crippen LogP contribution in [0.5, 0.6) is 0 Å². The van der Waals surface area contributed by atoms with Gasteiger partial charge in [0.25, 0.3) is 11.8 Å². The number of rotatable bonds is 1. The molecule has 1 aliphatic rings. The molecule has 2 aromatic carbocycles. The van der Waals surface area contributed by atoms with E-state index in [1.54, 1.807) is 30.3 Å². The summed E-state index contributed by atoms with van der Waals surface area (Å²) in [6, 6.07) is 13.5. The van der Waals surface area contributed by atoms with Gasteiger partial charge >= 0.3 is 0 Å². The van der Waals surface area contributed by atoms with Crippen LogP contribution in [-0.2, 0) is 6.42 Å². The normalized spacial score (nSPS) is 12.4. The van der Waals surface area contributed by atoms with Gasteiger partial charge in [-0.05, 0) is 36.2 Å². The number of benzene rings is 2. The second-order valence-corrected chi connectivity index (χ2v) is 5.79. The Morgan fingerprint density at radius 1 is 1.04 bits per heavy atom. The Hall–Kier alpha value is -2.79. The molecule has 0 bridgehead atoms. The van der Waals surface area contributed by atoms with E-state index in [4.69, 9.17) is 11.6 Å². The van der Waals surface area contributed by atoms with Crippen molar-refractivity contribution < 1.29 is 14.0 Å².